The van der Waals surface area contributed by atoms with Crippen LogP contribution in [0.5, 0.6) is 0 Å². The maximum atomic E-state index is 6.31. The number of para-hydroxylation sites is 1. The maximum Gasteiger partial charge on any atom is 0.0744 e. The number of nitrogens with one attached hydrogen (secondary N) is 2. The van der Waals surface area contributed by atoms with Crippen molar-refractivity contribution in [2.75, 3.05) is 0 Å². The van der Waals surface area contributed by atoms with E-state index in [0.717, 1.165) is 21.6 Å². The van der Waals surface area contributed by atoms with Gasteiger partial charge in [-0.15, -0.1) is 6.42 Å². The van der Waals surface area contributed by atoms with Gasteiger partial charge in [0.1, 0.15) is 0 Å². The standard InChI is InChI=1S/C14H15ClN2/c1-4-14(2,3)16-9-12-13(15)10-7-5-6-8-11(10)17-12/h1,5-8,16-17H,9H2,2-3H3. The zero-order valence-corrected chi connectivity index (χ0v) is 10.7. The normalized spacial score (nSPS) is 11.6. The fraction of sp³-hybridized carbons (Fsp3) is 0.286. The first kappa shape index (κ1) is 12.0. The van der Waals surface area contributed by atoms with Gasteiger partial charge in [0.2, 0.25) is 0 Å². The second-order valence-corrected chi connectivity index (χ2v) is 4.96. The predicted molar refractivity (Wildman–Crippen MR) is 73.1 cm³/mol. The van der Waals surface area contributed by atoms with Crippen molar-refractivity contribution >= 4 is 22.5 Å². The van der Waals surface area contributed by atoms with E-state index < -0.39 is 0 Å². The summed E-state index contributed by atoms with van der Waals surface area (Å²) in [4.78, 5) is 3.30. The quantitative estimate of drug-likeness (QED) is 0.799. The highest BCUT2D eigenvalue weighted by atomic mass is 35.5. The molecule has 0 atom stereocenters. The van der Waals surface area contributed by atoms with E-state index in [0.29, 0.717) is 6.54 Å². The summed E-state index contributed by atoms with van der Waals surface area (Å²) in [5, 5.41) is 5.09. The molecule has 0 aliphatic carbocycles. The lowest BCUT2D eigenvalue weighted by atomic mass is 10.1. The Hall–Kier alpha value is -1.43. The van der Waals surface area contributed by atoms with Crippen LogP contribution < -0.4 is 5.32 Å². The topological polar surface area (TPSA) is 27.8 Å². The second kappa shape index (κ2) is 4.44. The molecule has 2 rings (SSSR count). The molecule has 0 saturated heterocycles. The van der Waals surface area contributed by atoms with E-state index in [-0.39, 0.29) is 5.54 Å². The Bertz CT molecular complexity index is 575. The van der Waals surface area contributed by atoms with Crippen molar-refractivity contribution in [2.24, 2.45) is 0 Å². The number of hydrogen-bond donors (Lipinski definition) is 2. The lowest BCUT2D eigenvalue weighted by molar-refractivity contribution is 0.488. The second-order valence-electron chi connectivity index (χ2n) is 4.59. The largest absolute Gasteiger partial charge is 0.356 e. The minimum atomic E-state index is -0.333. The molecule has 0 unspecified atom stereocenters. The number of aromatic nitrogens is 1. The third-order valence-corrected chi connectivity index (χ3v) is 3.21. The number of fused-ring (bicyclic) bond motifs is 1. The average Bonchev–Trinajstić information content (AvgIpc) is 2.65. The van der Waals surface area contributed by atoms with Gasteiger partial charge in [-0.05, 0) is 19.9 Å². The summed E-state index contributed by atoms with van der Waals surface area (Å²) < 4.78 is 0. The van der Waals surface area contributed by atoms with Crippen LogP contribution in [0.25, 0.3) is 10.9 Å². The summed E-state index contributed by atoms with van der Waals surface area (Å²) in [6.45, 7) is 4.55. The Morgan fingerprint density at radius 1 is 1.41 bits per heavy atom. The van der Waals surface area contributed by atoms with Crippen molar-refractivity contribution in [3.8, 4) is 12.3 Å². The Kier molecular flexibility index (Phi) is 3.15. The van der Waals surface area contributed by atoms with Gasteiger partial charge < -0.3 is 4.98 Å². The molecule has 2 aromatic rings. The van der Waals surface area contributed by atoms with Gasteiger partial charge in [0.15, 0.2) is 0 Å². The van der Waals surface area contributed by atoms with E-state index in [4.69, 9.17) is 18.0 Å². The fourth-order valence-electron chi connectivity index (χ4n) is 1.65. The summed E-state index contributed by atoms with van der Waals surface area (Å²) in [6.07, 6.45) is 5.43. The van der Waals surface area contributed by atoms with E-state index in [2.05, 4.69) is 16.2 Å². The van der Waals surface area contributed by atoms with Crippen molar-refractivity contribution in [1.82, 2.24) is 10.3 Å². The van der Waals surface area contributed by atoms with Crippen molar-refractivity contribution < 1.29 is 0 Å². The average molecular weight is 247 g/mol. The summed E-state index contributed by atoms with van der Waals surface area (Å²) in [5.41, 5.74) is 1.68. The molecule has 0 aliphatic rings. The summed E-state index contributed by atoms with van der Waals surface area (Å²) in [5.74, 6) is 2.70. The van der Waals surface area contributed by atoms with Gasteiger partial charge in [-0.25, -0.2) is 0 Å². The van der Waals surface area contributed by atoms with Gasteiger partial charge in [-0.2, -0.15) is 0 Å². The van der Waals surface area contributed by atoms with Gasteiger partial charge in [-0.1, -0.05) is 35.7 Å². The van der Waals surface area contributed by atoms with Gasteiger partial charge >= 0.3 is 0 Å². The summed E-state index contributed by atoms with van der Waals surface area (Å²) in [7, 11) is 0. The van der Waals surface area contributed by atoms with Crippen molar-refractivity contribution in [3.63, 3.8) is 0 Å². The smallest absolute Gasteiger partial charge is 0.0744 e. The van der Waals surface area contributed by atoms with Crippen LogP contribution in [0.15, 0.2) is 24.3 Å². The SMILES string of the molecule is C#CC(C)(C)NCc1[nH]c2ccccc2c1Cl. The molecule has 1 aromatic heterocycles. The monoisotopic (exact) mass is 246 g/mol. The molecular weight excluding hydrogens is 232 g/mol. The minimum Gasteiger partial charge on any atom is -0.356 e. The molecule has 1 aromatic carbocycles. The molecule has 0 amide bonds. The predicted octanol–water partition coefficient (Wildman–Crippen LogP) is 3.32. The van der Waals surface area contributed by atoms with Crippen LogP contribution >= 0.6 is 11.6 Å². The number of hydrogen-bond acceptors (Lipinski definition) is 1. The van der Waals surface area contributed by atoms with E-state index in [1.807, 2.05) is 38.1 Å². The molecule has 0 saturated carbocycles. The van der Waals surface area contributed by atoms with Crippen LogP contribution in [0.2, 0.25) is 5.02 Å². The number of rotatable bonds is 3. The lowest BCUT2D eigenvalue weighted by Gasteiger charge is -2.19. The lowest BCUT2D eigenvalue weighted by Crippen LogP contribution is -2.37. The molecule has 2 nitrogen and oxygen atoms in total. The Morgan fingerprint density at radius 3 is 2.76 bits per heavy atom. The van der Waals surface area contributed by atoms with Crippen molar-refractivity contribution in [3.05, 3.63) is 35.0 Å². The highest BCUT2D eigenvalue weighted by Crippen LogP contribution is 2.27. The van der Waals surface area contributed by atoms with Crippen LogP contribution in [-0.4, -0.2) is 10.5 Å². The van der Waals surface area contributed by atoms with Gasteiger partial charge in [-0.3, -0.25) is 5.32 Å². The van der Waals surface area contributed by atoms with Crippen LogP contribution in [0.1, 0.15) is 19.5 Å². The fourth-order valence-corrected chi connectivity index (χ4v) is 1.92. The Labute approximate surface area is 106 Å². The molecule has 0 aliphatic heterocycles. The van der Waals surface area contributed by atoms with Crippen molar-refractivity contribution in [2.45, 2.75) is 25.9 Å². The molecule has 0 bridgehead atoms. The first-order valence-electron chi connectivity index (χ1n) is 5.51. The zero-order valence-electron chi connectivity index (χ0n) is 9.97. The summed E-state index contributed by atoms with van der Waals surface area (Å²) in [6, 6.07) is 7.98. The van der Waals surface area contributed by atoms with Gasteiger partial charge in [0, 0.05) is 23.1 Å². The van der Waals surface area contributed by atoms with Crippen LogP contribution in [0.3, 0.4) is 0 Å². The minimum absolute atomic E-state index is 0.333. The van der Waals surface area contributed by atoms with Gasteiger partial charge in [0.05, 0.1) is 10.6 Å². The molecule has 3 heteroatoms. The highest BCUT2D eigenvalue weighted by Gasteiger charge is 2.15. The van der Waals surface area contributed by atoms with E-state index in [1.165, 1.54) is 0 Å². The Morgan fingerprint density at radius 2 is 2.12 bits per heavy atom. The summed E-state index contributed by atoms with van der Waals surface area (Å²) >= 11 is 6.31. The van der Waals surface area contributed by atoms with Crippen LogP contribution in [0.4, 0.5) is 0 Å². The maximum absolute atomic E-state index is 6.31. The first-order chi connectivity index (χ1) is 8.03. The van der Waals surface area contributed by atoms with E-state index in [9.17, 15) is 0 Å². The third kappa shape index (κ3) is 2.46. The molecule has 0 radical (unpaired) electrons. The first-order valence-corrected chi connectivity index (χ1v) is 5.89. The number of H-pyrrole nitrogens is 1. The molecule has 2 N–H and O–H groups in total. The van der Waals surface area contributed by atoms with E-state index >= 15 is 0 Å². The number of aromatic amines is 1. The molecule has 0 spiro atoms. The third-order valence-electron chi connectivity index (χ3n) is 2.78. The van der Waals surface area contributed by atoms with E-state index in [1.54, 1.807) is 0 Å². The van der Waals surface area contributed by atoms with Gasteiger partial charge in [0.25, 0.3) is 0 Å². The number of benzene rings is 1. The Balaban J connectivity index is 2.26. The molecule has 1 heterocycles. The molecular formula is C14H15ClN2. The molecule has 0 fully saturated rings. The number of terminal acetylenes is 1. The highest BCUT2D eigenvalue weighted by molar-refractivity contribution is 6.36. The molecule has 88 valence electrons. The molecule has 17 heavy (non-hydrogen) atoms. The number of halogens is 1. The van der Waals surface area contributed by atoms with Crippen molar-refractivity contribution in [1.29, 1.82) is 0 Å². The zero-order chi connectivity index (χ0) is 12.5. The van der Waals surface area contributed by atoms with Crippen LogP contribution in [-0.2, 0) is 6.54 Å². The van der Waals surface area contributed by atoms with Crippen LogP contribution in [0, 0.1) is 12.3 Å².